The van der Waals surface area contributed by atoms with Crippen molar-refractivity contribution in [3.05, 3.63) is 17.5 Å². The molecule has 0 saturated heterocycles. The summed E-state index contributed by atoms with van der Waals surface area (Å²) in [6, 6.07) is 0. The van der Waals surface area contributed by atoms with E-state index in [2.05, 4.69) is 21.0 Å². The van der Waals surface area contributed by atoms with Crippen molar-refractivity contribution in [2.75, 3.05) is 0 Å². The van der Waals surface area contributed by atoms with E-state index in [1.54, 1.807) is 4.68 Å². The van der Waals surface area contributed by atoms with Crippen molar-refractivity contribution in [1.82, 2.24) is 9.78 Å². The average Bonchev–Trinajstić information content (AvgIpc) is 2.45. The van der Waals surface area contributed by atoms with E-state index in [0.29, 0.717) is 6.42 Å². The molecule has 0 bridgehead atoms. The van der Waals surface area contributed by atoms with E-state index in [1.165, 1.54) is 0 Å². The van der Waals surface area contributed by atoms with Gasteiger partial charge in [0.1, 0.15) is 5.78 Å². The van der Waals surface area contributed by atoms with Gasteiger partial charge in [-0.15, -0.1) is 0 Å². The van der Waals surface area contributed by atoms with Crippen molar-refractivity contribution in [1.29, 1.82) is 0 Å². The number of alkyl halides is 1. The van der Waals surface area contributed by atoms with Gasteiger partial charge in [0.25, 0.3) is 0 Å². The summed E-state index contributed by atoms with van der Waals surface area (Å²) in [5.74, 6) is 0.278. The normalized spacial score (nSPS) is 12.8. The van der Waals surface area contributed by atoms with Crippen molar-refractivity contribution in [2.24, 2.45) is 7.05 Å². The summed E-state index contributed by atoms with van der Waals surface area (Å²) in [4.78, 5) is 11.5. The van der Waals surface area contributed by atoms with Gasteiger partial charge in [-0.1, -0.05) is 22.9 Å². The van der Waals surface area contributed by atoms with E-state index in [0.717, 1.165) is 24.1 Å². The molecule has 0 fully saturated rings. The molecule has 84 valence electrons. The van der Waals surface area contributed by atoms with Crippen LogP contribution in [0.25, 0.3) is 0 Å². The Bertz CT molecular complexity index is 346. The second kappa shape index (κ2) is 5.45. The number of Topliss-reactive ketones (excluding diaryl/α,β-unsaturated/α-hetero) is 1. The Balaban J connectivity index is 2.61. The first-order chi connectivity index (χ1) is 7.04. The number of carbonyl (C=O) groups excluding carboxylic acids is 1. The molecule has 0 aliphatic heterocycles. The number of aromatic nitrogens is 2. The number of hydrogen-bond acceptors (Lipinski definition) is 2. The fraction of sp³-hybridized carbons (Fsp3) is 0.636. The van der Waals surface area contributed by atoms with Crippen molar-refractivity contribution in [2.45, 2.75) is 37.9 Å². The van der Waals surface area contributed by atoms with Gasteiger partial charge in [0, 0.05) is 19.7 Å². The fourth-order valence-electron chi connectivity index (χ4n) is 1.56. The first-order valence-electron chi connectivity index (χ1n) is 5.20. The maximum absolute atomic E-state index is 11.6. The van der Waals surface area contributed by atoms with Crippen LogP contribution in [0.2, 0.25) is 0 Å². The molecule has 0 aromatic carbocycles. The summed E-state index contributed by atoms with van der Waals surface area (Å²) in [6.07, 6.45) is 4.27. The lowest BCUT2D eigenvalue weighted by molar-refractivity contribution is -0.118. The molecule has 0 N–H and O–H groups in total. The van der Waals surface area contributed by atoms with Gasteiger partial charge in [0.05, 0.1) is 10.5 Å². The molecule has 0 aliphatic carbocycles. The zero-order chi connectivity index (χ0) is 11.4. The highest BCUT2D eigenvalue weighted by atomic mass is 79.9. The molecule has 0 radical (unpaired) electrons. The Hall–Kier alpha value is -0.640. The molecule has 15 heavy (non-hydrogen) atoms. The largest absolute Gasteiger partial charge is 0.298 e. The van der Waals surface area contributed by atoms with Gasteiger partial charge < -0.3 is 0 Å². The van der Waals surface area contributed by atoms with Gasteiger partial charge in [-0.2, -0.15) is 5.10 Å². The smallest absolute Gasteiger partial charge is 0.146 e. The summed E-state index contributed by atoms with van der Waals surface area (Å²) in [6.45, 7) is 3.99. The summed E-state index contributed by atoms with van der Waals surface area (Å²) >= 11 is 3.44. The first kappa shape index (κ1) is 12.4. The zero-order valence-corrected chi connectivity index (χ0v) is 11.0. The Morgan fingerprint density at radius 1 is 1.67 bits per heavy atom. The van der Waals surface area contributed by atoms with Crippen LogP contribution in [0, 0.1) is 6.92 Å². The minimum absolute atomic E-state index is 0.0691. The molecule has 0 saturated carbocycles. The quantitative estimate of drug-likeness (QED) is 0.772. The van der Waals surface area contributed by atoms with E-state index in [-0.39, 0.29) is 10.6 Å². The van der Waals surface area contributed by atoms with Crippen molar-refractivity contribution in [3.8, 4) is 0 Å². The standard InChI is InChI=1S/C11H17BrN2O/c1-4-5-11(15)10(12)6-9-7-14(3)13-8(9)2/h7,10H,4-6H2,1-3H3. The van der Waals surface area contributed by atoms with E-state index in [9.17, 15) is 4.79 Å². The van der Waals surface area contributed by atoms with Crippen molar-refractivity contribution >= 4 is 21.7 Å². The van der Waals surface area contributed by atoms with Crippen LogP contribution in [-0.2, 0) is 18.3 Å². The maximum Gasteiger partial charge on any atom is 0.146 e. The maximum atomic E-state index is 11.6. The SMILES string of the molecule is CCCC(=O)C(Br)Cc1cn(C)nc1C. The number of ketones is 1. The molecule has 0 aliphatic rings. The van der Waals surface area contributed by atoms with Crippen LogP contribution >= 0.6 is 15.9 Å². The summed E-state index contributed by atoms with van der Waals surface area (Å²) in [5.41, 5.74) is 2.15. The minimum Gasteiger partial charge on any atom is -0.298 e. The molecule has 1 rings (SSSR count). The lowest BCUT2D eigenvalue weighted by atomic mass is 10.1. The molecule has 1 atom stereocenters. The number of nitrogens with zero attached hydrogens (tertiary/aromatic N) is 2. The highest BCUT2D eigenvalue weighted by Crippen LogP contribution is 2.15. The van der Waals surface area contributed by atoms with Gasteiger partial charge in [0.2, 0.25) is 0 Å². The third-order valence-electron chi connectivity index (χ3n) is 2.36. The molecule has 4 heteroatoms. The Morgan fingerprint density at radius 3 is 2.80 bits per heavy atom. The monoisotopic (exact) mass is 272 g/mol. The van der Waals surface area contributed by atoms with Gasteiger partial charge in [-0.3, -0.25) is 9.48 Å². The molecule has 0 amide bonds. The number of hydrogen-bond donors (Lipinski definition) is 0. The Labute approximate surface area is 99.0 Å². The summed E-state index contributed by atoms with van der Waals surface area (Å²) in [7, 11) is 1.90. The molecule has 0 spiro atoms. The lowest BCUT2D eigenvalue weighted by Gasteiger charge is -2.06. The minimum atomic E-state index is -0.0691. The van der Waals surface area contributed by atoms with Crippen LogP contribution in [0.1, 0.15) is 31.0 Å². The first-order valence-corrected chi connectivity index (χ1v) is 6.12. The van der Waals surface area contributed by atoms with Crippen LogP contribution in [0.5, 0.6) is 0 Å². The number of carbonyl (C=O) groups is 1. The molecule has 1 heterocycles. The number of halogens is 1. The third kappa shape index (κ3) is 3.45. The predicted octanol–water partition coefficient (Wildman–Crippen LogP) is 2.40. The highest BCUT2D eigenvalue weighted by Gasteiger charge is 2.16. The van der Waals surface area contributed by atoms with Gasteiger partial charge in [0.15, 0.2) is 0 Å². The summed E-state index contributed by atoms with van der Waals surface area (Å²) in [5, 5.41) is 4.25. The van der Waals surface area contributed by atoms with E-state index in [4.69, 9.17) is 0 Å². The van der Waals surface area contributed by atoms with Gasteiger partial charge in [-0.25, -0.2) is 0 Å². The Kier molecular flexibility index (Phi) is 4.51. The third-order valence-corrected chi connectivity index (χ3v) is 3.19. The lowest BCUT2D eigenvalue weighted by Crippen LogP contribution is -2.16. The second-order valence-electron chi connectivity index (χ2n) is 3.80. The van der Waals surface area contributed by atoms with E-state index < -0.39 is 0 Å². The predicted molar refractivity (Wildman–Crippen MR) is 64.3 cm³/mol. The van der Waals surface area contributed by atoms with Crippen LogP contribution in [0.15, 0.2) is 6.20 Å². The molecular formula is C11H17BrN2O. The van der Waals surface area contributed by atoms with Crippen LogP contribution in [0.3, 0.4) is 0 Å². The number of rotatable bonds is 5. The molecule has 1 aromatic rings. The molecule has 3 nitrogen and oxygen atoms in total. The topological polar surface area (TPSA) is 34.9 Å². The van der Waals surface area contributed by atoms with E-state index in [1.807, 2.05) is 27.1 Å². The van der Waals surface area contributed by atoms with Crippen LogP contribution < -0.4 is 0 Å². The zero-order valence-electron chi connectivity index (χ0n) is 9.46. The van der Waals surface area contributed by atoms with Crippen molar-refractivity contribution < 1.29 is 4.79 Å². The number of aryl methyl sites for hydroxylation is 2. The van der Waals surface area contributed by atoms with E-state index >= 15 is 0 Å². The van der Waals surface area contributed by atoms with Gasteiger partial charge in [-0.05, 0) is 25.3 Å². The van der Waals surface area contributed by atoms with Crippen molar-refractivity contribution in [3.63, 3.8) is 0 Å². The van der Waals surface area contributed by atoms with Crippen LogP contribution in [0.4, 0.5) is 0 Å². The second-order valence-corrected chi connectivity index (χ2v) is 4.91. The Morgan fingerprint density at radius 2 is 2.33 bits per heavy atom. The molecule has 1 unspecified atom stereocenters. The molecule has 1 aromatic heterocycles. The van der Waals surface area contributed by atoms with Gasteiger partial charge >= 0.3 is 0 Å². The summed E-state index contributed by atoms with van der Waals surface area (Å²) < 4.78 is 1.79. The fourth-order valence-corrected chi connectivity index (χ4v) is 2.14. The molecular weight excluding hydrogens is 256 g/mol. The van der Waals surface area contributed by atoms with Crippen LogP contribution in [-0.4, -0.2) is 20.4 Å². The highest BCUT2D eigenvalue weighted by molar-refractivity contribution is 9.10. The average molecular weight is 273 g/mol.